The number of halogens is 2. The molecule has 0 radical (unpaired) electrons. The molecule has 2 N–H and O–H groups in total. The maximum absolute atomic E-state index is 15.4. The van der Waals surface area contributed by atoms with Crippen molar-refractivity contribution in [2.75, 3.05) is 19.3 Å². The van der Waals surface area contributed by atoms with E-state index in [0.29, 0.717) is 21.7 Å². The zero-order chi connectivity index (χ0) is 26.7. The molecule has 0 unspecified atom stereocenters. The number of amides is 1. The van der Waals surface area contributed by atoms with Gasteiger partial charge >= 0.3 is 0 Å². The summed E-state index contributed by atoms with van der Waals surface area (Å²) in [5, 5.41) is 13.2. The molecule has 1 atom stereocenters. The number of carbonyl (C=O) groups excluding carboxylic acids is 1. The Balaban J connectivity index is 1.81. The van der Waals surface area contributed by atoms with E-state index in [9.17, 15) is 26.7 Å². The largest absolute Gasteiger partial charge is 0.392 e. The fourth-order valence-corrected chi connectivity index (χ4v) is 6.27. The van der Waals surface area contributed by atoms with Crippen LogP contribution >= 0.6 is 11.6 Å². The number of alkyl halides is 1. The molecule has 0 spiro atoms. The number of hydrogen-bond acceptors (Lipinski definition) is 6. The van der Waals surface area contributed by atoms with Gasteiger partial charge in [-0.3, -0.25) is 4.79 Å². The quantitative estimate of drug-likeness (QED) is 0.514. The minimum absolute atomic E-state index is 0.0388. The van der Waals surface area contributed by atoms with Crippen molar-refractivity contribution in [3.63, 3.8) is 0 Å². The van der Waals surface area contributed by atoms with Gasteiger partial charge in [-0.2, -0.15) is 4.31 Å². The van der Waals surface area contributed by atoms with Crippen molar-refractivity contribution in [2.45, 2.75) is 43.0 Å². The first-order valence-corrected chi connectivity index (χ1v) is 14.9. The SMILES string of the molecule is C[C@H](/C=C\S(C)(=O)=O)NC(=O)C1(F)CCN(S(=O)(=O)c2ccc(CO)cc2-c2ccccc2Cl)CC1. The minimum Gasteiger partial charge on any atom is -0.392 e. The van der Waals surface area contributed by atoms with Crippen molar-refractivity contribution >= 4 is 37.4 Å². The molecule has 1 fully saturated rings. The second-order valence-corrected chi connectivity index (χ2v) is 13.0. The van der Waals surface area contributed by atoms with Gasteiger partial charge in [0.25, 0.3) is 5.91 Å². The Morgan fingerprint density at radius 2 is 1.81 bits per heavy atom. The lowest BCUT2D eigenvalue weighted by Gasteiger charge is -2.35. The summed E-state index contributed by atoms with van der Waals surface area (Å²) in [6.45, 7) is 0.751. The van der Waals surface area contributed by atoms with Gasteiger partial charge in [-0.25, -0.2) is 21.2 Å². The smallest absolute Gasteiger partial charge is 0.258 e. The number of aliphatic hydroxyl groups excluding tert-OH is 1. The molecule has 0 aromatic heterocycles. The van der Waals surface area contributed by atoms with Crippen molar-refractivity contribution in [3.05, 3.63) is 64.5 Å². The summed E-state index contributed by atoms with van der Waals surface area (Å²) in [7, 11) is -7.49. The number of rotatable bonds is 8. The first kappa shape index (κ1) is 28.3. The molecule has 1 saturated heterocycles. The lowest BCUT2D eigenvalue weighted by atomic mass is 9.93. The number of nitrogens with one attached hydrogen (secondary N) is 1. The van der Waals surface area contributed by atoms with Crippen LogP contribution in [0.1, 0.15) is 25.3 Å². The highest BCUT2D eigenvalue weighted by Crippen LogP contribution is 2.37. The second-order valence-electron chi connectivity index (χ2n) is 8.76. The molecule has 0 saturated carbocycles. The molecule has 1 aliphatic heterocycles. The Morgan fingerprint density at radius 3 is 2.39 bits per heavy atom. The molecule has 12 heteroatoms. The van der Waals surface area contributed by atoms with Crippen LogP contribution in [-0.4, -0.2) is 63.2 Å². The third-order valence-electron chi connectivity index (χ3n) is 5.90. The monoisotopic (exact) mass is 558 g/mol. The molecule has 1 aliphatic rings. The number of carbonyl (C=O) groups is 1. The van der Waals surface area contributed by atoms with Crippen molar-refractivity contribution in [3.8, 4) is 11.1 Å². The predicted octanol–water partition coefficient (Wildman–Crippen LogP) is 3.06. The van der Waals surface area contributed by atoms with Crippen LogP contribution in [0.15, 0.2) is 58.8 Å². The molecule has 36 heavy (non-hydrogen) atoms. The second kappa shape index (κ2) is 11.0. The summed E-state index contributed by atoms with van der Waals surface area (Å²) in [6.07, 6.45) is 1.51. The molecule has 1 amide bonds. The standard InChI is InChI=1S/C24H28ClFN2O6S2/c1-17(9-14-35(2,31)32)27-23(30)24(26)10-12-28(13-11-24)36(33,34)22-8-7-18(16-29)15-20(22)19-5-3-4-6-21(19)25/h3-9,14-15,17,29H,10-13,16H2,1-2H3,(H,27,30)/b14-9-/t17-/m1/s1. The summed E-state index contributed by atoms with van der Waals surface area (Å²) in [5.74, 6) is -0.922. The zero-order valence-electron chi connectivity index (χ0n) is 19.8. The van der Waals surface area contributed by atoms with Crippen LogP contribution in [0.4, 0.5) is 4.39 Å². The van der Waals surface area contributed by atoms with Crippen LogP contribution in [0.5, 0.6) is 0 Å². The van der Waals surface area contributed by atoms with Crippen LogP contribution in [0.2, 0.25) is 5.02 Å². The highest BCUT2D eigenvalue weighted by Gasteiger charge is 2.45. The number of aliphatic hydroxyl groups is 1. The van der Waals surface area contributed by atoms with E-state index in [4.69, 9.17) is 11.6 Å². The van der Waals surface area contributed by atoms with E-state index in [2.05, 4.69) is 5.32 Å². The summed E-state index contributed by atoms with van der Waals surface area (Å²) >= 11 is 6.32. The third-order valence-corrected chi connectivity index (χ3v) is 8.84. The average molecular weight is 559 g/mol. The first-order chi connectivity index (χ1) is 16.8. The molecule has 8 nitrogen and oxygen atoms in total. The van der Waals surface area contributed by atoms with E-state index in [-0.39, 0.29) is 37.4 Å². The van der Waals surface area contributed by atoms with Gasteiger partial charge in [0.2, 0.25) is 10.0 Å². The fraction of sp³-hybridized carbons (Fsp3) is 0.375. The molecule has 196 valence electrons. The Labute approximate surface area is 215 Å². The topological polar surface area (TPSA) is 121 Å². The molecule has 1 heterocycles. The Kier molecular flexibility index (Phi) is 8.62. The normalized spacial score (nSPS) is 17.7. The molecular weight excluding hydrogens is 531 g/mol. The van der Waals surface area contributed by atoms with Gasteiger partial charge in [-0.05, 0) is 30.7 Å². The van der Waals surface area contributed by atoms with E-state index in [1.165, 1.54) is 25.1 Å². The number of sulfone groups is 1. The molecular formula is C24H28ClFN2O6S2. The maximum atomic E-state index is 15.4. The zero-order valence-corrected chi connectivity index (χ0v) is 22.2. The van der Waals surface area contributed by atoms with Gasteiger partial charge < -0.3 is 10.4 Å². The highest BCUT2D eigenvalue weighted by atomic mass is 35.5. The van der Waals surface area contributed by atoms with Crippen LogP contribution in [-0.2, 0) is 31.3 Å². The molecule has 0 bridgehead atoms. The lowest BCUT2D eigenvalue weighted by molar-refractivity contribution is -0.135. The van der Waals surface area contributed by atoms with Crippen LogP contribution < -0.4 is 5.32 Å². The predicted molar refractivity (Wildman–Crippen MR) is 136 cm³/mol. The first-order valence-electron chi connectivity index (χ1n) is 11.1. The highest BCUT2D eigenvalue weighted by molar-refractivity contribution is 7.93. The number of benzene rings is 2. The summed E-state index contributed by atoms with van der Waals surface area (Å²) in [6, 6.07) is 10.4. The Hall–Kier alpha value is -2.31. The van der Waals surface area contributed by atoms with E-state index < -0.39 is 37.5 Å². The van der Waals surface area contributed by atoms with E-state index in [1.54, 1.807) is 30.3 Å². The minimum atomic E-state index is -4.09. The summed E-state index contributed by atoms with van der Waals surface area (Å²) in [4.78, 5) is 12.5. The van der Waals surface area contributed by atoms with Gasteiger partial charge in [-0.15, -0.1) is 0 Å². The van der Waals surface area contributed by atoms with Gasteiger partial charge in [0, 0.05) is 59.8 Å². The summed E-state index contributed by atoms with van der Waals surface area (Å²) < 4.78 is 66.2. The maximum Gasteiger partial charge on any atom is 0.258 e. The number of hydrogen-bond donors (Lipinski definition) is 2. The lowest BCUT2D eigenvalue weighted by Crippen LogP contribution is -2.53. The van der Waals surface area contributed by atoms with Crippen molar-refractivity contribution in [1.82, 2.24) is 9.62 Å². The average Bonchev–Trinajstić information content (AvgIpc) is 2.82. The molecule has 3 rings (SSSR count). The number of nitrogens with zero attached hydrogens (tertiary/aromatic N) is 1. The summed E-state index contributed by atoms with van der Waals surface area (Å²) in [5.41, 5.74) is -1.01. The van der Waals surface area contributed by atoms with Gasteiger partial charge in [0.1, 0.15) is 0 Å². The van der Waals surface area contributed by atoms with Crippen molar-refractivity contribution in [2.24, 2.45) is 0 Å². The van der Waals surface area contributed by atoms with Crippen LogP contribution in [0, 0.1) is 0 Å². The Morgan fingerprint density at radius 1 is 1.17 bits per heavy atom. The van der Waals surface area contributed by atoms with Crippen LogP contribution in [0.3, 0.4) is 0 Å². The Bertz CT molecular complexity index is 1370. The van der Waals surface area contributed by atoms with Crippen molar-refractivity contribution < 1.29 is 31.1 Å². The van der Waals surface area contributed by atoms with Crippen LogP contribution in [0.25, 0.3) is 11.1 Å². The van der Waals surface area contributed by atoms with E-state index in [1.807, 2.05) is 0 Å². The van der Waals surface area contributed by atoms with E-state index in [0.717, 1.165) is 16.0 Å². The third kappa shape index (κ3) is 6.51. The number of sulfonamides is 1. The molecule has 2 aromatic carbocycles. The van der Waals surface area contributed by atoms with E-state index >= 15 is 4.39 Å². The van der Waals surface area contributed by atoms with Gasteiger partial charge in [0.15, 0.2) is 15.5 Å². The van der Waals surface area contributed by atoms with Gasteiger partial charge in [-0.1, -0.05) is 41.9 Å². The van der Waals surface area contributed by atoms with Gasteiger partial charge in [0.05, 0.1) is 11.5 Å². The van der Waals surface area contributed by atoms with Crippen molar-refractivity contribution in [1.29, 1.82) is 0 Å². The fourth-order valence-electron chi connectivity index (χ4n) is 3.88. The number of piperidine rings is 1. The molecule has 0 aliphatic carbocycles. The molecule has 2 aromatic rings.